The van der Waals surface area contributed by atoms with Crippen molar-refractivity contribution in [1.82, 2.24) is 10.1 Å². The number of ether oxygens (including phenoxy) is 1. The molecule has 0 atom stereocenters. The molecule has 96 valence electrons. The van der Waals surface area contributed by atoms with Crippen molar-refractivity contribution in [3.63, 3.8) is 0 Å². The molecule has 2 aromatic rings. The van der Waals surface area contributed by atoms with Gasteiger partial charge in [0.2, 0.25) is 5.88 Å². The van der Waals surface area contributed by atoms with E-state index < -0.39 is 0 Å². The van der Waals surface area contributed by atoms with Gasteiger partial charge >= 0.3 is 0 Å². The van der Waals surface area contributed by atoms with Crippen LogP contribution >= 0.6 is 0 Å². The van der Waals surface area contributed by atoms with Crippen molar-refractivity contribution in [1.29, 1.82) is 0 Å². The van der Waals surface area contributed by atoms with E-state index in [1.807, 2.05) is 39.0 Å². The molecule has 5 nitrogen and oxygen atoms in total. The Balaban J connectivity index is 2.04. The number of aromatic nitrogens is 2. The van der Waals surface area contributed by atoms with Crippen molar-refractivity contribution < 1.29 is 9.26 Å². The highest BCUT2D eigenvalue weighted by Crippen LogP contribution is 2.16. The van der Waals surface area contributed by atoms with Crippen LogP contribution in [0, 0.1) is 13.8 Å². The molecule has 0 aliphatic carbocycles. The van der Waals surface area contributed by atoms with Gasteiger partial charge < -0.3 is 14.6 Å². The fraction of sp³-hybridized carbons (Fsp3) is 0.385. The third kappa shape index (κ3) is 2.80. The minimum absolute atomic E-state index is 0.611. The molecule has 2 heterocycles. The van der Waals surface area contributed by atoms with Gasteiger partial charge in [-0.25, -0.2) is 0 Å². The summed E-state index contributed by atoms with van der Waals surface area (Å²) in [5, 5.41) is 7.15. The van der Waals surface area contributed by atoms with Gasteiger partial charge in [-0.3, -0.25) is 0 Å². The van der Waals surface area contributed by atoms with E-state index in [0.29, 0.717) is 19.0 Å². The lowest BCUT2D eigenvalue weighted by molar-refractivity contribution is 0.327. The zero-order valence-electron chi connectivity index (χ0n) is 10.9. The first-order valence-corrected chi connectivity index (χ1v) is 5.96. The van der Waals surface area contributed by atoms with Crippen LogP contribution in [-0.2, 0) is 6.54 Å². The fourth-order valence-electron chi connectivity index (χ4n) is 1.67. The Morgan fingerprint density at radius 2 is 2.17 bits per heavy atom. The molecule has 0 amide bonds. The number of nitrogens with one attached hydrogen (secondary N) is 1. The van der Waals surface area contributed by atoms with Crippen molar-refractivity contribution in [2.75, 3.05) is 11.9 Å². The highest BCUT2D eigenvalue weighted by molar-refractivity contribution is 5.38. The molecular formula is C13H17N3O2. The number of aryl methyl sites for hydroxylation is 2. The molecule has 18 heavy (non-hydrogen) atoms. The maximum absolute atomic E-state index is 5.35. The van der Waals surface area contributed by atoms with E-state index in [9.17, 15) is 0 Å². The lowest BCUT2D eigenvalue weighted by Gasteiger charge is -2.07. The van der Waals surface area contributed by atoms with Crippen LogP contribution in [0.4, 0.5) is 5.82 Å². The molecule has 0 radical (unpaired) electrons. The van der Waals surface area contributed by atoms with Gasteiger partial charge in [-0.2, -0.15) is 4.98 Å². The molecule has 0 spiro atoms. The first-order chi connectivity index (χ1) is 8.70. The molecule has 0 fully saturated rings. The van der Waals surface area contributed by atoms with E-state index in [1.54, 1.807) is 0 Å². The van der Waals surface area contributed by atoms with Crippen molar-refractivity contribution >= 4 is 5.82 Å². The van der Waals surface area contributed by atoms with Crippen LogP contribution < -0.4 is 10.1 Å². The smallest absolute Gasteiger partial charge is 0.215 e. The van der Waals surface area contributed by atoms with Crippen LogP contribution in [0.2, 0.25) is 0 Å². The largest absolute Gasteiger partial charge is 0.478 e. The maximum Gasteiger partial charge on any atom is 0.215 e. The van der Waals surface area contributed by atoms with Gasteiger partial charge in [0.05, 0.1) is 12.3 Å². The number of pyridine rings is 1. The lowest BCUT2D eigenvalue weighted by atomic mass is 10.2. The molecule has 2 aromatic heterocycles. The summed E-state index contributed by atoms with van der Waals surface area (Å²) < 4.78 is 10.5. The lowest BCUT2D eigenvalue weighted by Crippen LogP contribution is -2.04. The average Bonchev–Trinajstić information content (AvgIpc) is 2.68. The van der Waals surface area contributed by atoms with E-state index in [1.165, 1.54) is 0 Å². The molecule has 0 aliphatic rings. The first kappa shape index (κ1) is 12.4. The summed E-state index contributed by atoms with van der Waals surface area (Å²) in [5.74, 6) is 2.24. The monoisotopic (exact) mass is 247 g/mol. The number of nitrogens with zero attached hydrogens (tertiary/aromatic N) is 2. The maximum atomic E-state index is 5.35. The van der Waals surface area contributed by atoms with Gasteiger partial charge in [0.25, 0.3) is 0 Å². The van der Waals surface area contributed by atoms with Gasteiger partial charge in [-0.15, -0.1) is 0 Å². The van der Waals surface area contributed by atoms with Crippen LogP contribution in [0.3, 0.4) is 0 Å². The molecule has 5 heteroatoms. The third-order valence-electron chi connectivity index (χ3n) is 2.64. The van der Waals surface area contributed by atoms with Crippen LogP contribution in [0.5, 0.6) is 5.88 Å². The number of hydrogen-bond acceptors (Lipinski definition) is 5. The van der Waals surface area contributed by atoms with Gasteiger partial charge in [-0.05, 0) is 26.8 Å². The van der Waals surface area contributed by atoms with Crippen LogP contribution in [0.15, 0.2) is 22.7 Å². The van der Waals surface area contributed by atoms with Crippen molar-refractivity contribution in [2.45, 2.75) is 27.3 Å². The van der Waals surface area contributed by atoms with Gasteiger partial charge in [-0.1, -0.05) is 11.2 Å². The second-order valence-electron chi connectivity index (χ2n) is 3.95. The third-order valence-corrected chi connectivity index (χ3v) is 2.64. The van der Waals surface area contributed by atoms with E-state index in [-0.39, 0.29) is 0 Å². The summed E-state index contributed by atoms with van der Waals surface area (Å²) in [4.78, 5) is 4.34. The zero-order valence-corrected chi connectivity index (χ0v) is 10.9. The predicted octanol–water partition coefficient (Wildman–Crippen LogP) is 2.70. The van der Waals surface area contributed by atoms with E-state index in [0.717, 1.165) is 22.8 Å². The molecule has 0 unspecified atom stereocenters. The second-order valence-corrected chi connectivity index (χ2v) is 3.95. The van der Waals surface area contributed by atoms with Crippen LogP contribution in [0.1, 0.15) is 23.9 Å². The van der Waals surface area contributed by atoms with E-state index >= 15 is 0 Å². The molecule has 0 bridgehead atoms. The van der Waals surface area contributed by atoms with Crippen molar-refractivity contribution in [3.05, 3.63) is 35.2 Å². The average molecular weight is 247 g/mol. The molecule has 1 N–H and O–H groups in total. The number of anilines is 1. The standard InChI is InChI=1S/C13H17N3O2/c1-4-17-13-7-5-6-12(15-13)14-8-11-9(2)16-18-10(11)3/h5-7H,4,8H2,1-3H3,(H,14,15). The quantitative estimate of drug-likeness (QED) is 0.880. The molecule has 0 aromatic carbocycles. The number of rotatable bonds is 5. The second kappa shape index (κ2) is 5.53. The summed E-state index contributed by atoms with van der Waals surface area (Å²) in [7, 11) is 0. The Bertz CT molecular complexity index is 503. The molecule has 0 saturated carbocycles. The summed E-state index contributed by atoms with van der Waals surface area (Å²) in [5.41, 5.74) is 1.97. The summed E-state index contributed by atoms with van der Waals surface area (Å²) in [6.45, 7) is 7.02. The molecule has 0 aliphatic heterocycles. The normalized spacial score (nSPS) is 10.4. The summed E-state index contributed by atoms with van der Waals surface area (Å²) in [6, 6.07) is 5.65. The Labute approximate surface area is 106 Å². The highest BCUT2D eigenvalue weighted by Gasteiger charge is 2.08. The van der Waals surface area contributed by atoms with Crippen molar-refractivity contribution in [3.8, 4) is 5.88 Å². The predicted molar refractivity (Wildman–Crippen MR) is 68.7 cm³/mol. The minimum Gasteiger partial charge on any atom is -0.478 e. The summed E-state index contributed by atoms with van der Waals surface area (Å²) >= 11 is 0. The molecule has 0 saturated heterocycles. The molecule has 2 rings (SSSR count). The zero-order chi connectivity index (χ0) is 13.0. The molecular weight excluding hydrogens is 230 g/mol. The SMILES string of the molecule is CCOc1cccc(NCc2c(C)noc2C)n1. The first-order valence-electron chi connectivity index (χ1n) is 5.96. The van der Waals surface area contributed by atoms with Gasteiger partial charge in [0, 0.05) is 18.2 Å². The van der Waals surface area contributed by atoms with E-state index in [2.05, 4.69) is 15.5 Å². The highest BCUT2D eigenvalue weighted by atomic mass is 16.5. The van der Waals surface area contributed by atoms with Gasteiger partial charge in [0.1, 0.15) is 11.6 Å². The Morgan fingerprint density at radius 1 is 1.33 bits per heavy atom. The van der Waals surface area contributed by atoms with Crippen LogP contribution in [0.25, 0.3) is 0 Å². The Kier molecular flexibility index (Phi) is 3.82. The van der Waals surface area contributed by atoms with Crippen LogP contribution in [-0.4, -0.2) is 16.7 Å². The van der Waals surface area contributed by atoms with Crippen molar-refractivity contribution in [2.24, 2.45) is 0 Å². The summed E-state index contributed by atoms with van der Waals surface area (Å²) in [6.07, 6.45) is 0. The Morgan fingerprint density at radius 3 is 2.83 bits per heavy atom. The topological polar surface area (TPSA) is 60.2 Å². The minimum atomic E-state index is 0.611. The van der Waals surface area contributed by atoms with E-state index in [4.69, 9.17) is 9.26 Å². The Hall–Kier alpha value is -2.04. The van der Waals surface area contributed by atoms with Gasteiger partial charge in [0.15, 0.2) is 0 Å². The fourth-order valence-corrected chi connectivity index (χ4v) is 1.67. The number of hydrogen-bond donors (Lipinski definition) is 1.